The van der Waals surface area contributed by atoms with Crippen LogP contribution in [0.15, 0.2) is 36.7 Å². The molecule has 0 bridgehead atoms. The molecule has 0 radical (unpaired) electrons. The minimum absolute atomic E-state index is 0.242. The van der Waals surface area contributed by atoms with Gasteiger partial charge in [-0.3, -0.25) is 4.79 Å². The van der Waals surface area contributed by atoms with Crippen molar-refractivity contribution < 1.29 is 4.79 Å². The molecule has 5 nitrogen and oxygen atoms in total. The van der Waals surface area contributed by atoms with Crippen LogP contribution in [-0.4, -0.2) is 29.0 Å². The van der Waals surface area contributed by atoms with Crippen LogP contribution >= 0.6 is 11.6 Å². The molecule has 0 saturated carbocycles. The Morgan fingerprint density at radius 2 is 1.82 bits per heavy atom. The standard InChI is InChI=1S/C16H19ClN4O/c1-3-21(4-2)15-11-18-14(10-19-15)16(22)20-9-12-5-7-13(17)8-6-12/h5-8,10-11H,3-4,9H2,1-2H3,(H,20,22). The number of nitrogens with one attached hydrogen (secondary N) is 1. The highest BCUT2D eigenvalue weighted by Crippen LogP contribution is 2.10. The summed E-state index contributed by atoms with van der Waals surface area (Å²) in [6.45, 7) is 6.24. The highest BCUT2D eigenvalue weighted by atomic mass is 35.5. The molecule has 1 N–H and O–H groups in total. The molecule has 1 heterocycles. The summed E-state index contributed by atoms with van der Waals surface area (Å²) >= 11 is 5.82. The smallest absolute Gasteiger partial charge is 0.271 e. The number of halogens is 1. The minimum Gasteiger partial charge on any atom is -0.356 e. The van der Waals surface area contributed by atoms with Crippen LogP contribution in [0, 0.1) is 0 Å². The number of aromatic nitrogens is 2. The Bertz CT molecular complexity index is 609. The van der Waals surface area contributed by atoms with Gasteiger partial charge >= 0.3 is 0 Å². The van der Waals surface area contributed by atoms with Gasteiger partial charge in [0.2, 0.25) is 0 Å². The highest BCUT2D eigenvalue weighted by Gasteiger charge is 2.09. The lowest BCUT2D eigenvalue weighted by Gasteiger charge is -2.18. The normalized spacial score (nSPS) is 10.3. The van der Waals surface area contributed by atoms with E-state index in [2.05, 4.69) is 34.0 Å². The third-order valence-electron chi connectivity index (χ3n) is 3.32. The fourth-order valence-corrected chi connectivity index (χ4v) is 2.15. The van der Waals surface area contributed by atoms with Gasteiger partial charge in [-0.2, -0.15) is 0 Å². The van der Waals surface area contributed by atoms with Crippen LogP contribution in [0.3, 0.4) is 0 Å². The number of carbonyl (C=O) groups excluding carboxylic acids is 1. The van der Waals surface area contributed by atoms with Crippen molar-refractivity contribution in [3.63, 3.8) is 0 Å². The number of rotatable bonds is 6. The predicted molar refractivity (Wildman–Crippen MR) is 88.2 cm³/mol. The van der Waals surface area contributed by atoms with Crippen LogP contribution < -0.4 is 10.2 Å². The molecule has 0 saturated heterocycles. The van der Waals surface area contributed by atoms with Crippen LogP contribution in [0.1, 0.15) is 29.9 Å². The van der Waals surface area contributed by atoms with E-state index in [0.717, 1.165) is 24.5 Å². The summed E-state index contributed by atoms with van der Waals surface area (Å²) in [6.07, 6.45) is 3.13. The molecule has 116 valence electrons. The Morgan fingerprint density at radius 3 is 2.36 bits per heavy atom. The van der Waals surface area contributed by atoms with E-state index in [-0.39, 0.29) is 5.91 Å². The van der Waals surface area contributed by atoms with E-state index in [1.165, 1.54) is 6.20 Å². The Hall–Kier alpha value is -2.14. The maximum atomic E-state index is 12.1. The molecule has 0 spiro atoms. The van der Waals surface area contributed by atoms with Gasteiger partial charge < -0.3 is 10.2 Å². The highest BCUT2D eigenvalue weighted by molar-refractivity contribution is 6.30. The van der Waals surface area contributed by atoms with Crippen molar-refractivity contribution in [2.24, 2.45) is 0 Å². The summed E-state index contributed by atoms with van der Waals surface area (Å²) in [4.78, 5) is 22.6. The maximum Gasteiger partial charge on any atom is 0.271 e. The first-order valence-corrected chi connectivity index (χ1v) is 7.61. The van der Waals surface area contributed by atoms with Crippen LogP contribution in [0.5, 0.6) is 0 Å². The number of hydrogen-bond acceptors (Lipinski definition) is 4. The Morgan fingerprint density at radius 1 is 1.14 bits per heavy atom. The molecule has 1 aromatic carbocycles. The van der Waals surface area contributed by atoms with Crippen molar-refractivity contribution in [2.75, 3.05) is 18.0 Å². The molecular weight excluding hydrogens is 300 g/mol. The van der Waals surface area contributed by atoms with Gasteiger partial charge in [0.15, 0.2) is 0 Å². The third-order valence-corrected chi connectivity index (χ3v) is 3.58. The molecule has 0 unspecified atom stereocenters. The lowest BCUT2D eigenvalue weighted by atomic mass is 10.2. The molecule has 0 aliphatic rings. The summed E-state index contributed by atoms with van der Waals surface area (Å²) < 4.78 is 0. The number of nitrogens with zero attached hydrogens (tertiary/aromatic N) is 3. The molecule has 1 aromatic heterocycles. The summed E-state index contributed by atoms with van der Waals surface area (Å²) in [7, 11) is 0. The van der Waals surface area contributed by atoms with Gasteiger partial charge in [0.1, 0.15) is 11.5 Å². The SMILES string of the molecule is CCN(CC)c1cnc(C(=O)NCc2ccc(Cl)cc2)cn1. The molecule has 0 aliphatic carbocycles. The van der Waals surface area contributed by atoms with Crippen molar-refractivity contribution in [1.29, 1.82) is 0 Å². The quantitative estimate of drug-likeness (QED) is 0.889. The molecule has 0 aliphatic heterocycles. The van der Waals surface area contributed by atoms with Crippen molar-refractivity contribution in [1.82, 2.24) is 15.3 Å². The van der Waals surface area contributed by atoms with Crippen LogP contribution in [0.2, 0.25) is 5.02 Å². The van der Waals surface area contributed by atoms with Crippen LogP contribution in [0.4, 0.5) is 5.82 Å². The molecule has 6 heteroatoms. The number of anilines is 1. The molecule has 0 fully saturated rings. The van der Waals surface area contributed by atoms with Crippen molar-refractivity contribution >= 4 is 23.3 Å². The average molecular weight is 319 g/mol. The zero-order valence-corrected chi connectivity index (χ0v) is 13.5. The largest absolute Gasteiger partial charge is 0.356 e. The summed E-state index contributed by atoms with van der Waals surface area (Å²) in [5.41, 5.74) is 1.29. The van der Waals surface area contributed by atoms with E-state index in [1.807, 2.05) is 12.1 Å². The molecule has 2 rings (SSSR count). The zero-order valence-electron chi connectivity index (χ0n) is 12.7. The Balaban J connectivity index is 1.96. The first-order chi connectivity index (χ1) is 10.6. The zero-order chi connectivity index (χ0) is 15.9. The first kappa shape index (κ1) is 16.2. The minimum atomic E-state index is -0.242. The van der Waals surface area contributed by atoms with Gasteiger partial charge in [-0.15, -0.1) is 0 Å². The number of benzene rings is 1. The first-order valence-electron chi connectivity index (χ1n) is 7.23. The maximum absolute atomic E-state index is 12.1. The second-order valence-corrected chi connectivity index (χ2v) is 5.18. The van der Waals surface area contributed by atoms with E-state index in [4.69, 9.17) is 11.6 Å². The van der Waals surface area contributed by atoms with E-state index in [1.54, 1.807) is 18.3 Å². The molecule has 1 amide bonds. The third kappa shape index (κ3) is 4.18. The van der Waals surface area contributed by atoms with Crippen LogP contribution in [0.25, 0.3) is 0 Å². The summed E-state index contributed by atoms with van der Waals surface area (Å²) in [6, 6.07) is 7.33. The monoisotopic (exact) mass is 318 g/mol. The van der Waals surface area contributed by atoms with E-state index >= 15 is 0 Å². The van der Waals surface area contributed by atoms with Crippen LogP contribution in [-0.2, 0) is 6.54 Å². The molecule has 2 aromatic rings. The van der Waals surface area contributed by atoms with Crippen molar-refractivity contribution in [3.8, 4) is 0 Å². The molecular formula is C16H19ClN4O. The second-order valence-electron chi connectivity index (χ2n) is 4.74. The van der Waals surface area contributed by atoms with Gasteiger partial charge in [-0.05, 0) is 31.5 Å². The molecule has 22 heavy (non-hydrogen) atoms. The van der Waals surface area contributed by atoms with Crippen molar-refractivity contribution in [2.45, 2.75) is 20.4 Å². The van der Waals surface area contributed by atoms with E-state index in [0.29, 0.717) is 17.3 Å². The predicted octanol–water partition coefficient (Wildman–Crippen LogP) is 2.91. The lowest BCUT2D eigenvalue weighted by molar-refractivity contribution is 0.0945. The summed E-state index contributed by atoms with van der Waals surface area (Å²) in [5, 5.41) is 3.49. The van der Waals surface area contributed by atoms with Gasteiger partial charge in [0.25, 0.3) is 5.91 Å². The fraction of sp³-hybridized carbons (Fsp3) is 0.312. The number of hydrogen-bond donors (Lipinski definition) is 1. The lowest BCUT2D eigenvalue weighted by Crippen LogP contribution is -2.26. The topological polar surface area (TPSA) is 58.1 Å². The second kappa shape index (κ2) is 7.75. The number of amides is 1. The van der Waals surface area contributed by atoms with Gasteiger partial charge in [0.05, 0.1) is 12.4 Å². The summed E-state index contributed by atoms with van der Waals surface area (Å²) in [5.74, 6) is 0.535. The van der Waals surface area contributed by atoms with Gasteiger partial charge in [-0.1, -0.05) is 23.7 Å². The van der Waals surface area contributed by atoms with Gasteiger partial charge in [0, 0.05) is 24.7 Å². The molecule has 0 atom stereocenters. The Labute approximate surface area is 135 Å². The fourth-order valence-electron chi connectivity index (χ4n) is 2.02. The Kier molecular flexibility index (Phi) is 5.72. The number of carbonyl (C=O) groups is 1. The van der Waals surface area contributed by atoms with Gasteiger partial charge in [-0.25, -0.2) is 9.97 Å². The average Bonchev–Trinajstić information content (AvgIpc) is 2.56. The van der Waals surface area contributed by atoms with E-state index < -0.39 is 0 Å². The van der Waals surface area contributed by atoms with Crippen molar-refractivity contribution in [3.05, 3.63) is 52.9 Å². The van der Waals surface area contributed by atoms with E-state index in [9.17, 15) is 4.79 Å².